The van der Waals surface area contributed by atoms with Gasteiger partial charge in [0.25, 0.3) is 0 Å². The second kappa shape index (κ2) is 9.13. The number of amidine groups is 1. The van der Waals surface area contributed by atoms with Gasteiger partial charge >= 0.3 is 0 Å². The SMILES string of the molecule is CCCC=NC(=NC)c1ccc(C(=O)C(C)CC)c(OC)c1. The van der Waals surface area contributed by atoms with Gasteiger partial charge in [-0.25, -0.2) is 4.99 Å². The Morgan fingerprint density at radius 3 is 2.64 bits per heavy atom. The number of rotatable bonds is 7. The van der Waals surface area contributed by atoms with E-state index in [4.69, 9.17) is 4.74 Å². The Bertz CT molecular complexity index is 562. The van der Waals surface area contributed by atoms with Crippen molar-refractivity contribution >= 4 is 17.8 Å². The van der Waals surface area contributed by atoms with Gasteiger partial charge < -0.3 is 4.74 Å². The molecule has 0 amide bonds. The van der Waals surface area contributed by atoms with E-state index in [1.165, 1.54) is 0 Å². The van der Waals surface area contributed by atoms with E-state index in [9.17, 15) is 4.79 Å². The van der Waals surface area contributed by atoms with Gasteiger partial charge in [0.1, 0.15) is 5.75 Å². The summed E-state index contributed by atoms with van der Waals surface area (Å²) >= 11 is 0. The normalized spacial score (nSPS) is 13.4. The van der Waals surface area contributed by atoms with E-state index in [-0.39, 0.29) is 11.7 Å². The third kappa shape index (κ3) is 4.52. The summed E-state index contributed by atoms with van der Waals surface area (Å²) < 4.78 is 5.39. The van der Waals surface area contributed by atoms with Crippen molar-refractivity contribution in [2.45, 2.75) is 40.0 Å². The van der Waals surface area contributed by atoms with Gasteiger partial charge in [-0.1, -0.05) is 33.3 Å². The van der Waals surface area contributed by atoms with Crippen molar-refractivity contribution in [3.8, 4) is 5.75 Å². The quantitative estimate of drug-likeness (QED) is 0.431. The Hall–Kier alpha value is -1.97. The van der Waals surface area contributed by atoms with Gasteiger partial charge in [0, 0.05) is 24.7 Å². The third-order valence-corrected chi connectivity index (χ3v) is 3.63. The summed E-state index contributed by atoms with van der Waals surface area (Å²) in [6.45, 7) is 6.05. The van der Waals surface area contributed by atoms with E-state index in [2.05, 4.69) is 16.9 Å². The molecule has 0 aliphatic heterocycles. The van der Waals surface area contributed by atoms with Crippen LogP contribution in [-0.2, 0) is 0 Å². The molecule has 4 heteroatoms. The van der Waals surface area contributed by atoms with E-state index in [0.29, 0.717) is 17.1 Å². The summed E-state index contributed by atoms with van der Waals surface area (Å²) in [5, 5.41) is 0. The average molecular weight is 302 g/mol. The molecule has 4 nitrogen and oxygen atoms in total. The van der Waals surface area contributed by atoms with Gasteiger partial charge in [0.2, 0.25) is 0 Å². The topological polar surface area (TPSA) is 51.0 Å². The second-order valence-electron chi connectivity index (χ2n) is 5.24. The summed E-state index contributed by atoms with van der Waals surface area (Å²) in [5.41, 5.74) is 1.47. The molecule has 0 saturated heterocycles. The Balaban J connectivity index is 3.14. The van der Waals surface area contributed by atoms with Crippen LogP contribution >= 0.6 is 0 Å². The molecule has 0 saturated carbocycles. The number of Topliss-reactive ketones (excluding diaryl/α,β-unsaturated/α-hetero) is 1. The molecule has 1 unspecified atom stereocenters. The van der Waals surface area contributed by atoms with Crippen molar-refractivity contribution in [2.24, 2.45) is 15.9 Å². The highest BCUT2D eigenvalue weighted by atomic mass is 16.5. The monoisotopic (exact) mass is 302 g/mol. The molecular weight excluding hydrogens is 276 g/mol. The molecule has 0 aromatic heterocycles. The molecule has 0 aliphatic carbocycles. The number of carbonyl (C=O) groups is 1. The number of carbonyl (C=O) groups excluding carboxylic acids is 1. The molecule has 0 aliphatic rings. The zero-order valence-corrected chi connectivity index (χ0v) is 14.2. The maximum absolute atomic E-state index is 12.4. The largest absolute Gasteiger partial charge is 0.496 e. The highest BCUT2D eigenvalue weighted by Gasteiger charge is 2.18. The summed E-state index contributed by atoms with van der Waals surface area (Å²) in [6, 6.07) is 5.52. The Morgan fingerprint density at radius 2 is 2.09 bits per heavy atom. The number of ether oxygens (including phenoxy) is 1. The fourth-order valence-corrected chi connectivity index (χ4v) is 2.03. The van der Waals surface area contributed by atoms with Crippen LogP contribution in [0.15, 0.2) is 28.2 Å². The van der Waals surface area contributed by atoms with Gasteiger partial charge in [-0.15, -0.1) is 0 Å². The first kappa shape index (κ1) is 18.1. The molecule has 1 rings (SSSR count). The lowest BCUT2D eigenvalue weighted by atomic mass is 9.95. The summed E-state index contributed by atoms with van der Waals surface area (Å²) in [5.74, 6) is 1.32. The van der Waals surface area contributed by atoms with Gasteiger partial charge in [-0.3, -0.25) is 9.79 Å². The summed E-state index contributed by atoms with van der Waals surface area (Å²) in [6.07, 6.45) is 4.65. The molecule has 0 fully saturated rings. The van der Waals surface area contributed by atoms with Crippen LogP contribution in [0.1, 0.15) is 56.0 Å². The predicted molar refractivity (Wildman–Crippen MR) is 92.6 cm³/mol. The summed E-state index contributed by atoms with van der Waals surface area (Å²) in [7, 11) is 3.29. The van der Waals surface area contributed by atoms with Crippen molar-refractivity contribution in [2.75, 3.05) is 14.2 Å². The lowest BCUT2D eigenvalue weighted by Gasteiger charge is -2.13. The fraction of sp³-hybridized carbons (Fsp3) is 0.500. The number of nitrogens with zero attached hydrogens (tertiary/aromatic N) is 2. The lowest BCUT2D eigenvalue weighted by molar-refractivity contribution is 0.0924. The van der Waals surface area contributed by atoms with Crippen molar-refractivity contribution in [3.63, 3.8) is 0 Å². The maximum atomic E-state index is 12.4. The van der Waals surface area contributed by atoms with Gasteiger partial charge in [-0.2, -0.15) is 0 Å². The molecule has 120 valence electrons. The molecule has 22 heavy (non-hydrogen) atoms. The lowest BCUT2D eigenvalue weighted by Crippen LogP contribution is -2.12. The van der Waals surface area contributed by atoms with Gasteiger partial charge in [0.15, 0.2) is 11.6 Å². The zero-order valence-electron chi connectivity index (χ0n) is 14.2. The molecule has 0 spiro atoms. The molecule has 0 bridgehead atoms. The molecule has 1 atom stereocenters. The minimum atomic E-state index is -0.0124. The number of unbranched alkanes of at least 4 members (excludes halogenated alkanes) is 1. The highest BCUT2D eigenvalue weighted by Crippen LogP contribution is 2.24. The number of aliphatic imine (C=N–C) groups is 2. The Morgan fingerprint density at radius 1 is 1.36 bits per heavy atom. The van der Waals surface area contributed by atoms with Crippen LogP contribution in [-0.4, -0.2) is 32.0 Å². The molecule has 0 radical (unpaired) electrons. The van der Waals surface area contributed by atoms with Crippen molar-refractivity contribution in [1.82, 2.24) is 0 Å². The number of benzene rings is 1. The minimum absolute atomic E-state index is 0.0124. The van der Waals surface area contributed by atoms with Crippen LogP contribution < -0.4 is 4.74 Å². The number of ketones is 1. The highest BCUT2D eigenvalue weighted by molar-refractivity contribution is 6.05. The van der Waals surface area contributed by atoms with E-state index in [1.54, 1.807) is 14.2 Å². The van der Waals surface area contributed by atoms with Gasteiger partial charge in [-0.05, 0) is 25.0 Å². The number of hydrogen-bond donors (Lipinski definition) is 0. The van der Waals surface area contributed by atoms with Crippen LogP contribution in [0.3, 0.4) is 0 Å². The number of hydrogen-bond acceptors (Lipinski definition) is 3. The third-order valence-electron chi connectivity index (χ3n) is 3.63. The predicted octanol–water partition coefficient (Wildman–Crippen LogP) is 4.17. The van der Waals surface area contributed by atoms with Crippen molar-refractivity contribution in [3.05, 3.63) is 29.3 Å². The van der Waals surface area contributed by atoms with E-state index < -0.39 is 0 Å². The molecule has 1 aromatic carbocycles. The standard InChI is InChI=1S/C18H26N2O2/c1-6-8-11-20-18(19-4)14-9-10-15(16(12-14)22-5)17(21)13(3)7-2/h9-13H,6-8H2,1-5H3. The van der Waals surface area contributed by atoms with E-state index in [0.717, 1.165) is 24.8 Å². The van der Waals surface area contributed by atoms with Crippen LogP contribution in [0.25, 0.3) is 0 Å². The minimum Gasteiger partial charge on any atom is -0.496 e. The number of methoxy groups -OCH3 is 1. The van der Waals surface area contributed by atoms with Gasteiger partial charge in [0.05, 0.1) is 12.7 Å². The first-order valence-electron chi connectivity index (χ1n) is 7.80. The maximum Gasteiger partial charge on any atom is 0.169 e. The van der Waals surface area contributed by atoms with Crippen LogP contribution in [0, 0.1) is 5.92 Å². The van der Waals surface area contributed by atoms with E-state index >= 15 is 0 Å². The first-order valence-corrected chi connectivity index (χ1v) is 7.80. The molecular formula is C18H26N2O2. The molecule has 0 heterocycles. The fourth-order valence-electron chi connectivity index (χ4n) is 2.03. The first-order chi connectivity index (χ1) is 10.6. The van der Waals surface area contributed by atoms with Crippen molar-refractivity contribution in [1.29, 1.82) is 0 Å². The van der Waals surface area contributed by atoms with Crippen molar-refractivity contribution < 1.29 is 9.53 Å². The molecule has 0 N–H and O–H groups in total. The smallest absolute Gasteiger partial charge is 0.169 e. The second-order valence-corrected chi connectivity index (χ2v) is 5.24. The van der Waals surface area contributed by atoms with E-state index in [1.807, 2.05) is 38.3 Å². The Kier molecular flexibility index (Phi) is 7.50. The van der Waals surface area contributed by atoms with Crippen LogP contribution in [0.5, 0.6) is 5.75 Å². The summed E-state index contributed by atoms with van der Waals surface area (Å²) in [4.78, 5) is 21.0. The van der Waals surface area contributed by atoms with Crippen LogP contribution in [0.2, 0.25) is 0 Å². The zero-order chi connectivity index (χ0) is 16.5. The average Bonchev–Trinajstić information content (AvgIpc) is 2.56. The Labute approximate surface area is 133 Å². The van der Waals surface area contributed by atoms with Crippen LogP contribution in [0.4, 0.5) is 0 Å². The molecule has 1 aromatic rings.